The lowest BCUT2D eigenvalue weighted by atomic mass is 10.3. The van der Waals surface area contributed by atoms with Crippen LogP contribution in [-0.4, -0.2) is 43.4 Å². The summed E-state index contributed by atoms with van der Waals surface area (Å²) in [6.07, 6.45) is 7.74. The third-order valence-electron chi connectivity index (χ3n) is 3.99. The summed E-state index contributed by atoms with van der Waals surface area (Å²) in [5.41, 5.74) is 6.54. The van der Waals surface area contributed by atoms with Crippen LogP contribution in [0.15, 0.2) is 36.9 Å². The molecule has 8 heteroatoms. The summed E-state index contributed by atoms with van der Waals surface area (Å²) >= 11 is 0. The van der Waals surface area contributed by atoms with Gasteiger partial charge in [-0.25, -0.2) is 9.50 Å². The highest BCUT2D eigenvalue weighted by atomic mass is 16.1. The van der Waals surface area contributed by atoms with E-state index in [1.807, 2.05) is 23.0 Å². The molecule has 1 amide bonds. The Morgan fingerprint density at radius 2 is 2.27 bits per heavy atom. The van der Waals surface area contributed by atoms with E-state index in [-0.39, 0.29) is 6.04 Å². The summed E-state index contributed by atoms with van der Waals surface area (Å²) in [6, 6.07) is 4.14. The molecule has 1 aliphatic rings. The molecule has 22 heavy (non-hydrogen) atoms. The minimum atomic E-state index is -0.451. The van der Waals surface area contributed by atoms with Crippen LogP contribution in [0.5, 0.6) is 0 Å². The second-order valence-electron chi connectivity index (χ2n) is 5.38. The zero-order valence-corrected chi connectivity index (χ0v) is 11.8. The third-order valence-corrected chi connectivity index (χ3v) is 3.99. The summed E-state index contributed by atoms with van der Waals surface area (Å²) in [4.78, 5) is 17.6. The lowest BCUT2D eigenvalue weighted by molar-refractivity contribution is 0.1000. The van der Waals surface area contributed by atoms with Gasteiger partial charge in [-0.15, -0.1) is 5.10 Å². The quantitative estimate of drug-likeness (QED) is 0.758. The Morgan fingerprint density at radius 1 is 1.36 bits per heavy atom. The predicted octanol–water partition coefficient (Wildman–Crippen LogP) is 0.476. The second-order valence-corrected chi connectivity index (χ2v) is 5.38. The number of amides is 1. The maximum absolute atomic E-state index is 11.2. The molecule has 1 atom stereocenters. The number of nitrogens with two attached hydrogens (primary N) is 1. The zero-order chi connectivity index (χ0) is 15.1. The van der Waals surface area contributed by atoms with Crippen LogP contribution in [-0.2, 0) is 0 Å². The average Bonchev–Trinajstić information content (AvgIpc) is 3.25. The molecular weight excluding hydrogens is 282 g/mol. The van der Waals surface area contributed by atoms with Crippen LogP contribution in [0.1, 0.15) is 22.8 Å². The van der Waals surface area contributed by atoms with Gasteiger partial charge in [-0.1, -0.05) is 0 Å². The molecule has 3 aromatic heterocycles. The summed E-state index contributed by atoms with van der Waals surface area (Å²) < 4.78 is 3.58. The van der Waals surface area contributed by atoms with Gasteiger partial charge in [0.2, 0.25) is 0 Å². The Bertz CT molecular complexity index is 836. The fourth-order valence-corrected chi connectivity index (χ4v) is 2.80. The molecule has 1 aliphatic heterocycles. The molecule has 4 rings (SSSR count). The smallest absolute Gasteiger partial charge is 0.251 e. The zero-order valence-electron chi connectivity index (χ0n) is 11.8. The summed E-state index contributed by atoms with van der Waals surface area (Å²) in [7, 11) is 0. The van der Waals surface area contributed by atoms with Crippen molar-refractivity contribution >= 4 is 17.4 Å². The van der Waals surface area contributed by atoms with Crippen molar-refractivity contribution in [1.29, 1.82) is 0 Å². The number of nitrogens with zero attached hydrogens (tertiary/aromatic N) is 6. The molecule has 2 N–H and O–H groups in total. The molecule has 112 valence electrons. The van der Waals surface area contributed by atoms with E-state index in [1.54, 1.807) is 16.9 Å². The first kappa shape index (κ1) is 12.8. The van der Waals surface area contributed by atoms with E-state index in [9.17, 15) is 4.79 Å². The molecule has 3 aromatic rings. The molecule has 0 aliphatic carbocycles. The Hall–Kier alpha value is -2.90. The van der Waals surface area contributed by atoms with Gasteiger partial charge in [-0.05, 0) is 18.6 Å². The standard InChI is InChI=1S/C14H15N7O/c15-14(22)10-7-17-21(8-10)11-3-5-19(9-11)13-2-1-12-16-4-6-20(12)18-13/h1-2,4,6-8,11H,3,5,9H2,(H2,15,22). The maximum atomic E-state index is 11.2. The summed E-state index contributed by atoms with van der Waals surface area (Å²) in [6.45, 7) is 1.69. The molecule has 8 nitrogen and oxygen atoms in total. The molecular formula is C14H15N7O. The third kappa shape index (κ3) is 2.09. The van der Waals surface area contributed by atoms with Crippen LogP contribution in [0.25, 0.3) is 5.65 Å². The van der Waals surface area contributed by atoms with Gasteiger partial charge < -0.3 is 10.6 Å². The monoisotopic (exact) mass is 297 g/mol. The van der Waals surface area contributed by atoms with E-state index in [0.29, 0.717) is 5.56 Å². The van der Waals surface area contributed by atoms with Crippen molar-refractivity contribution in [3.8, 4) is 0 Å². The average molecular weight is 297 g/mol. The first-order valence-corrected chi connectivity index (χ1v) is 7.10. The topological polar surface area (TPSA) is 94.3 Å². The van der Waals surface area contributed by atoms with Crippen LogP contribution in [0.2, 0.25) is 0 Å². The highest BCUT2D eigenvalue weighted by Crippen LogP contribution is 2.25. The van der Waals surface area contributed by atoms with Gasteiger partial charge in [-0.3, -0.25) is 9.48 Å². The van der Waals surface area contributed by atoms with E-state index >= 15 is 0 Å². The van der Waals surface area contributed by atoms with Gasteiger partial charge >= 0.3 is 0 Å². The second kappa shape index (κ2) is 4.83. The van der Waals surface area contributed by atoms with Gasteiger partial charge in [0, 0.05) is 31.7 Å². The van der Waals surface area contributed by atoms with Gasteiger partial charge in [0.25, 0.3) is 5.91 Å². The molecule has 1 fully saturated rings. The number of primary amides is 1. The van der Waals surface area contributed by atoms with Gasteiger partial charge in [0.1, 0.15) is 5.82 Å². The molecule has 1 unspecified atom stereocenters. The maximum Gasteiger partial charge on any atom is 0.251 e. The van der Waals surface area contributed by atoms with Crippen molar-refractivity contribution in [1.82, 2.24) is 24.4 Å². The lowest BCUT2D eigenvalue weighted by Gasteiger charge is -2.17. The van der Waals surface area contributed by atoms with Crippen molar-refractivity contribution in [2.45, 2.75) is 12.5 Å². The van der Waals surface area contributed by atoms with Crippen molar-refractivity contribution in [2.24, 2.45) is 5.73 Å². The van der Waals surface area contributed by atoms with Gasteiger partial charge in [-0.2, -0.15) is 5.10 Å². The van der Waals surface area contributed by atoms with E-state index in [4.69, 9.17) is 5.73 Å². The van der Waals surface area contributed by atoms with E-state index in [0.717, 1.165) is 31.0 Å². The molecule has 0 aromatic carbocycles. The Kier molecular flexibility index (Phi) is 2.81. The number of aromatic nitrogens is 5. The number of carbonyl (C=O) groups excluding carboxylic acids is 1. The van der Waals surface area contributed by atoms with Crippen LogP contribution in [0.4, 0.5) is 5.82 Å². The fourth-order valence-electron chi connectivity index (χ4n) is 2.80. The van der Waals surface area contributed by atoms with Crippen molar-refractivity contribution in [3.63, 3.8) is 0 Å². The Labute approximate surface area is 126 Å². The minimum Gasteiger partial charge on any atom is -0.366 e. The Morgan fingerprint density at radius 3 is 3.09 bits per heavy atom. The number of imidazole rings is 1. The van der Waals surface area contributed by atoms with Crippen LogP contribution in [0.3, 0.4) is 0 Å². The van der Waals surface area contributed by atoms with Crippen molar-refractivity contribution < 1.29 is 4.79 Å². The molecule has 0 spiro atoms. The van der Waals surface area contributed by atoms with Crippen LogP contribution in [0, 0.1) is 0 Å². The SMILES string of the molecule is NC(=O)c1cnn(C2CCN(c3ccc4nccn4n3)C2)c1. The largest absolute Gasteiger partial charge is 0.366 e. The van der Waals surface area contributed by atoms with Crippen LogP contribution >= 0.6 is 0 Å². The first-order chi connectivity index (χ1) is 10.7. The highest BCUT2D eigenvalue weighted by Gasteiger charge is 2.26. The number of hydrogen-bond donors (Lipinski definition) is 1. The fraction of sp³-hybridized carbons (Fsp3) is 0.286. The summed E-state index contributed by atoms with van der Waals surface area (Å²) in [5, 5.41) is 8.80. The van der Waals surface area contributed by atoms with E-state index in [1.165, 1.54) is 6.20 Å². The number of rotatable bonds is 3. The molecule has 0 bridgehead atoms. The lowest BCUT2D eigenvalue weighted by Crippen LogP contribution is -2.22. The molecule has 4 heterocycles. The number of fused-ring (bicyclic) bond motifs is 1. The van der Waals surface area contributed by atoms with E-state index < -0.39 is 5.91 Å². The predicted molar refractivity (Wildman–Crippen MR) is 79.6 cm³/mol. The molecule has 1 saturated heterocycles. The van der Waals surface area contributed by atoms with Crippen molar-refractivity contribution in [2.75, 3.05) is 18.0 Å². The number of hydrogen-bond acceptors (Lipinski definition) is 5. The molecule has 0 saturated carbocycles. The van der Waals surface area contributed by atoms with Gasteiger partial charge in [0.15, 0.2) is 5.65 Å². The Balaban J connectivity index is 1.54. The first-order valence-electron chi connectivity index (χ1n) is 7.10. The summed E-state index contributed by atoms with van der Waals surface area (Å²) in [5.74, 6) is 0.462. The highest BCUT2D eigenvalue weighted by molar-refractivity contribution is 5.92. The normalized spacial score (nSPS) is 18.2. The molecule has 0 radical (unpaired) electrons. The minimum absolute atomic E-state index is 0.216. The van der Waals surface area contributed by atoms with E-state index in [2.05, 4.69) is 20.1 Å². The number of carbonyl (C=O) groups is 1. The van der Waals surface area contributed by atoms with Gasteiger partial charge in [0.05, 0.1) is 17.8 Å². The van der Waals surface area contributed by atoms with Crippen LogP contribution < -0.4 is 10.6 Å². The van der Waals surface area contributed by atoms with Crippen molar-refractivity contribution in [3.05, 3.63) is 42.5 Å². The number of anilines is 1.